The predicted octanol–water partition coefficient (Wildman–Crippen LogP) is 5.10. The molecule has 0 amide bonds. The van der Waals surface area contributed by atoms with Crippen LogP contribution in [0.15, 0.2) is 0 Å². The van der Waals surface area contributed by atoms with Crippen LogP contribution in [-0.4, -0.2) is 25.2 Å². The lowest BCUT2D eigenvalue weighted by Crippen LogP contribution is -1.84. The third-order valence-corrected chi connectivity index (χ3v) is 2.09. The fourth-order valence-corrected chi connectivity index (χ4v) is 0.204. The molecule has 0 aliphatic heterocycles. The first kappa shape index (κ1) is 24.5. The Balaban J connectivity index is -0.0000000590. The summed E-state index contributed by atoms with van der Waals surface area (Å²) in [5, 5.41) is 0. The zero-order valence-corrected chi connectivity index (χ0v) is 12.0. The van der Waals surface area contributed by atoms with E-state index in [9.17, 15) is 0 Å². The van der Waals surface area contributed by atoms with E-state index < -0.39 is 0 Å². The average Bonchev–Trinajstić information content (AvgIpc) is 2.20. The summed E-state index contributed by atoms with van der Waals surface area (Å²) in [4.78, 5) is 0. The van der Waals surface area contributed by atoms with Crippen LogP contribution in [0.4, 0.5) is 0 Å². The van der Waals surface area contributed by atoms with Crippen LogP contribution in [0.2, 0.25) is 0 Å². The Hall–Kier alpha value is 0.310. The normalized spacial score (nSPS) is 8.00. The summed E-state index contributed by atoms with van der Waals surface area (Å²) in [6, 6.07) is 0. The van der Waals surface area contributed by atoms with Gasteiger partial charge in [0.25, 0.3) is 0 Å². The van der Waals surface area contributed by atoms with Gasteiger partial charge in [-0.1, -0.05) is 41.5 Å². The van der Waals surface area contributed by atoms with Crippen molar-refractivity contribution in [3.63, 3.8) is 0 Å². The fourth-order valence-electron chi connectivity index (χ4n) is 0.204. The lowest BCUT2D eigenvalue weighted by Gasteiger charge is -1.90. The van der Waals surface area contributed by atoms with Crippen LogP contribution in [-0.2, 0) is 4.74 Å². The van der Waals surface area contributed by atoms with Gasteiger partial charge in [0.05, 0.1) is 0 Å². The highest BCUT2D eigenvalue weighted by atomic mass is 32.2. The monoisotopic (exact) mass is 238 g/mol. The van der Waals surface area contributed by atoms with Crippen LogP contribution in [0.1, 0.15) is 55.4 Å². The third-order valence-electron chi connectivity index (χ3n) is 1.51. The molecule has 0 saturated carbocycles. The standard InChI is InChI=1S/C5H12.C4H10O.C3H8S.CH4/c1-4-5(2)3;1-3-5-4-2;1-3-4-2;/h5H,4H2,1-3H3;3-4H2,1-2H3;3H2,1-2H3;1H4. The van der Waals surface area contributed by atoms with Gasteiger partial charge in [-0.3, -0.25) is 0 Å². The first-order valence-corrected chi connectivity index (χ1v) is 7.06. The van der Waals surface area contributed by atoms with Gasteiger partial charge in [0.1, 0.15) is 0 Å². The molecule has 0 aromatic heterocycles. The van der Waals surface area contributed by atoms with Crippen LogP contribution in [0.25, 0.3) is 0 Å². The van der Waals surface area contributed by atoms with E-state index in [-0.39, 0.29) is 7.43 Å². The molecule has 1 nitrogen and oxygen atoms in total. The van der Waals surface area contributed by atoms with E-state index in [0.717, 1.165) is 19.1 Å². The van der Waals surface area contributed by atoms with Gasteiger partial charge in [0.15, 0.2) is 0 Å². The quantitative estimate of drug-likeness (QED) is 0.674. The maximum Gasteiger partial charge on any atom is 0.0437 e. The smallest absolute Gasteiger partial charge is 0.0437 e. The molecule has 98 valence electrons. The lowest BCUT2D eigenvalue weighted by atomic mass is 10.2. The van der Waals surface area contributed by atoms with Gasteiger partial charge in [-0.25, -0.2) is 0 Å². The second-order valence-electron chi connectivity index (χ2n) is 3.16. The molecule has 2 heteroatoms. The van der Waals surface area contributed by atoms with E-state index in [4.69, 9.17) is 4.74 Å². The molecule has 0 aliphatic carbocycles. The van der Waals surface area contributed by atoms with Gasteiger partial charge >= 0.3 is 0 Å². The Morgan fingerprint density at radius 3 is 1.27 bits per heavy atom. The third kappa shape index (κ3) is 76.9. The van der Waals surface area contributed by atoms with Crippen LogP contribution < -0.4 is 0 Å². The van der Waals surface area contributed by atoms with Crippen LogP contribution >= 0.6 is 11.8 Å². The highest BCUT2D eigenvalue weighted by molar-refractivity contribution is 7.98. The molecule has 0 spiro atoms. The number of rotatable bonds is 4. The molecule has 0 bridgehead atoms. The molecule has 0 fully saturated rings. The van der Waals surface area contributed by atoms with Crippen molar-refractivity contribution in [2.45, 2.75) is 55.4 Å². The van der Waals surface area contributed by atoms with E-state index in [1.807, 2.05) is 25.6 Å². The summed E-state index contributed by atoms with van der Waals surface area (Å²) in [6.07, 6.45) is 3.40. The largest absolute Gasteiger partial charge is 0.382 e. The molecule has 0 rings (SSSR count). The van der Waals surface area contributed by atoms with Gasteiger partial charge in [0.2, 0.25) is 0 Å². The van der Waals surface area contributed by atoms with Crippen molar-refractivity contribution in [1.29, 1.82) is 0 Å². The molecule has 0 unspecified atom stereocenters. The number of hydrogen-bond acceptors (Lipinski definition) is 2. The van der Waals surface area contributed by atoms with E-state index in [2.05, 4.69) is 34.0 Å². The topological polar surface area (TPSA) is 9.23 Å². The lowest BCUT2D eigenvalue weighted by molar-refractivity contribution is 0.162. The van der Waals surface area contributed by atoms with Crippen molar-refractivity contribution in [1.82, 2.24) is 0 Å². The Morgan fingerprint density at radius 2 is 1.27 bits per heavy atom. The van der Waals surface area contributed by atoms with Crippen molar-refractivity contribution in [3.05, 3.63) is 0 Å². The first-order chi connectivity index (χ1) is 6.60. The van der Waals surface area contributed by atoms with E-state index in [0.29, 0.717) is 0 Å². The Morgan fingerprint density at radius 1 is 1.00 bits per heavy atom. The zero-order chi connectivity index (χ0) is 11.8. The zero-order valence-electron chi connectivity index (χ0n) is 11.2. The van der Waals surface area contributed by atoms with Crippen molar-refractivity contribution in [2.75, 3.05) is 25.2 Å². The minimum absolute atomic E-state index is 0. The molecule has 0 atom stereocenters. The Labute approximate surface area is 103 Å². The van der Waals surface area contributed by atoms with Gasteiger partial charge in [0, 0.05) is 13.2 Å². The molecule has 0 N–H and O–H groups in total. The minimum atomic E-state index is 0. The van der Waals surface area contributed by atoms with Crippen molar-refractivity contribution in [3.8, 4) is 0 Å². The Kier molecular flexibility index (Phi) is 47.8. The maximum atomic E-state index is 4.83. The second-order valence-corrected chi connectivity index (χ2v) is 4.32. The molecule has 0 aromatic carbocycles. The molecular formula is C13H34OS. The highest BCUT2D eigenvalue weighted by Gasteiger charge is 1.80. The van der Waals surface area contributed by atoms with Crippen molar-refractivity contribution < 1.29 is 4.74 Å². The van der Waals surface area contributed by atoms with E-state index in [1.54, 1.807) is 0 Å². The van der Waals surface area contributed by atoms with Crippen molar-refractivity contribution in [2.24, 2.45) is 5.92 Å². The Bertz CT molecular complexity index is 61.6. The van der Waals surface area contributed by atoms with Crippen LogP contribution in [0.5, 0.6) is 0 Å². The summed E-state index contributed by atoms with van der Waals surface area (Å²) in [5.41, 5.74) is 0. The molecule has 0 aromatic rings. The molecule has 0 aliphatic rings. The summed E-state index contributed by atoms with van der Waals surface area (Å²) in [6.45, 7) is 14.5. The molecule has 0 saturated heterocycles. The summed E-state index contributed by atoms with van der Waals surface area (Å²) >= 11 is 1.86. The first-order valence-electron chi connectivity index (χ1n) is 5.67. The number of thioether (sulfide) groups is 1. The van der Waals surface area contributed by atoms with Gasteiger partial charge in [-0.15, -0.1) is 0 Å². The number of hydrogen-bond donors (Lipinski definition) is 0. The summed E-state index contributed by atoms with van der Waals surface area (Å²) in [5.74, 6) is 2.12. The summed E-state index contributed by atoms with van der Waals surface area (Å²) < 4.78 is 4.83. The maximum absolute atomic E-state index is 4.83. The van der Waals surface area contributed by atoms with Gasteiger partial charge in [-0.05, 0) is 31.8 Å². The molecule has 15 heavy (non-hydrogen) atoms. The SMILES string of the molecule is C.CCC(C)C.CCOCC.CCSC. The molecule has 0 radical (unpaired) electrons. The van der Waals surface area contributed by atoms with E-state index in [1.165, 1.54) is 12.2 Å². The van der Waals surface area contributed by atoms with Gasteiger partial charge < -0.3 is 4.74 Å². The molecular weight excluding hydrogens is 204 g/mol. The van der Waals surface area contributed by atoms with Crippen LogP contribution in [0, 0.1) is 5.92 Å². The molecule has 0 heterocycles. The van der Waals surface area contributed by atoms with E-state index >= 15 is 0 Å². The summed E-state index contributed by atoms with van der Waals surface area (Å²) in [7, 11) is 0. The van der Waals surface area contributed by atoms with Crippen molar-refractivity contribution >= 4 is 11.8 Å². The van der Waals surface area contributed by atoms with Crippen LogP contribution in [0.3, 0.4) is 0 Å². The second kappa shape index (κ2) is 29.2. The fraction of sp³-hybridized carbons (Fsp3) is 1.00. The predicted molar refractivity (Wildman–Crippen MR) is 78.1 cm³/mol. The van der Waals surface area contributed by atoms with Gasteiger partial charge in [-0.2, -0.15) is 11.8 Å². The average molecular weight is 238 g/mol. The number of ether oxygens (including phenoxy) is 1. The minimum Gasteiger partial charge on any atom is -0.382 e. The highest BCUT2D eigenvalue weighted by Crippen LogP contribution is 1.93.